The van der Waals surface area contributed by atoms with Crippen LogP contribution in [-0.4, -0.2) is 59.1 Å². The van der Waals surface area contributed by atoms with Crippen LogP contribution >= 0.6 is 0 Å². The summed E-state index contributed by atoms with van der Waals surface area (Å²) in [5, 5.41) is 4.21. The van der Waals surface area contributed by atoms with Gasteiger partial charge >= 0.3 is 0 Å². The molecule has 2 amide bonds. The van der Waals surface area contributed by atoms with Crippen molar-refractivity contribution in [2.24, 2.45) is 0 Å². The maximum absolute atomic E-state index is 13.1. The van der Waals surface area contributed by atoms with E-state index in [0.717, 1.165) is 67.6 Å². The first-order valence-corrected chi connectivity index (χ1v) is 12.0. The van der Waals surface area contributed by atoms with Crippen molar-refractivity contribution >= 4 is 50.5 Å². The molecule has 0 aliphatic carbocycles. The first-order chi connectivity index (χ1) is 17.1. The molecule has 4 aromatic rings. The van der Waals surface area contributed by atoms with Crippen LogP contribution in [0.3, 0.4) is 0 Å². The normalized spacial score (nSPS) is 17.1. The van der Waals surface area contributed by atoms with E-state index in [1.165, 1.54) is 0 Å². The van der Waals surface area contributed by atoms with Crippen LogP contribution < -0.4 is 11.1 Å². The molecular weight excluding hydrogens is 442 g/mol. The van der Waals surface area contributed by atoms with Gasteiger partial charge in [0.15, 0.2) is 0 Å². The highest BCUT2D eigenvalue weighted by atomic mass is 16.5. The second kappa shape index (κ2) is 8.72. The molecule has 1 fully saturated rings. The predicted octanol–water partition coefficient (Wildman–Crippen LogP) is 2.99. The Hall–Kier alpha value is -3.88. The number of rotatable bonds is 6. The number of nitrogens with zero attached hydrogens (tertiary/aromatic N) is 2. The lowest BCUT2D eigenvalue weighted by molar-refractivity contribution is -0.122. The summed E-state index contributed by atoms with van der Waals surface area (Å²) < 4.78 is 7.60. The predicted molar refractivity (Wildman–Crippen MR) is 136 cm³/mol. The van der Waals surface area contributed by atoms with E-state index in [1.54, 1.807) is 6.20 Å². The topological polar surface area (TPSA) is 105 Å². The molecule has 1 saturated heterocycles. The van der Waals surface area contributed by atoms with E-state index in [2.05, 4.69) is 19.8 Å². The van der Waals surface area contributed by atoms with Gasteiger partial charge in [-0.3, -0.25) is 19.8 Å². The van der Waals surface area contributed by atoms with Crippen LogP contribution in [0.1, 0.15) is 17.5 Å². The third kappa shape index (κ3) is 3.71. The van der Waals surface area contributed by atoms with E-state index in [-0.39, 0.29) is 0 Å². The summed E-state index contributed by atoms with van der Waals surface area (Å²) in [5.41, 5.74) is 11.0. The van der Waals surface area contributed by atoms with Crippen LogP contribution in [0.5, 0.6) is 0 Å². The second-order valence-electron chi connectivity index (χ2n) is 9.07. The summed E-state index contributed by atoms with van der Waals surface area (Å²) in [6.07, 6.45) is 4.73. The first-order valence-electron chi connectivity index (χ1n) is 12.0. The fourth-order valence-corrected chi connectivity index (χ4v) is 5.29. The lowest BCUT2D eigenvalue weighted by atomic mass is 9.95. The molecule has 0 radical (unpaired) electrons. The molecule has 0 spiro atoms. The van der Waals surface area contributed by atoms with E-state index in [0.29, 0.717) is 28.0 Å². The number of imide groups is 1. The summed E-state index contributed by atoms with van der Waals surface area (Å²) in [4.78, 5) is 31.8. The molecule has 178 valence electrons. The van der Waals surface area contributed by atoms with Gasteiger partial charge in [0, 0.05) is 71.7 Å². The molecule has 35 heavy (non-hydrogen) atoms. The highest BCUT2D eigenvalue weighted by molar-refractivity contribution is 6.51. The van der Waals surface area contributed by atoms with Gasteiger partial charge in [-0.1, -0.05) is 24.3 Å². The molecule has 4 heterocycles. The van der Waals surface area contributed by atoms with Gasteiger partial charge in [0.2, 0.25) is 0 Å². The molecule has 4 N–H and O–H groups in total. The fourth-order valence-electron chi connectivity index (χ4n) is 5.29. The van der Waals surface area contributed by atoms with Gasteiger partial charge in [0.25, 0.3) is 11.8 Å². The Morgan fingerprint density at radius 1 is 0.914 bits per heavy atom. The molecule has 2 aliphatic heterocycles. The monoisotopic (exact) mass is 469 g/mol. The van der Waals surface area contributed by atoms with E-state index >= 15 is 0 Å². The van der Waals surface area contributed by atoms with Crippen LogP contribution in [-0.2, 0) is 20.9 Å². The van der Waals surface area contributed by atoms with Crippen LogP contribution in [0.15, 0.2) is 54.9 Å². The molecule has 6 rings (SSSR count). The zero-order chi connectivity index (χ0) is 23.9. The number of nitrogens with two attached hydrogens (primary N) is 1. The molecule has 2 aromatic carbocycles. The maximum atomic E-state index is 13.1. The van der Waals surface area contributed by atoms with E-state index in [9.17, 15) is 9.59 Å². The van der Waals surface area contributed by atoms with Crippen molar-refractivity contribution in [1.82, 2.24) is 19.8 Å². The number of benzene rings is 2. The van der Waals surface area contributed by atoms with Crippen molar-refractivity contribution in [3.8, 4) is 0 Å². The van der Waals surface area contributed by atoms with Crippen LogP contribution in [0.2, 0.25) is 0 Å². The summed E-state index contributed by atoms with van der Waals surface area (Å²) in [7, 11) is 0. The number of hydrogen-bond acceptors (Lipinski definition) is 5. The summed E-state index contributed by atoms with van der Waals surface area (Å²) in [6.45, 7) is 5.22. The molecule has 0 bridgehead atoms. The number of carbonyl (C=O) groups is 2. The fraction of sp³-hybridized carbons (Fsp3) is 0.259. The highest BCUT2D eigenvalue weighted by Crippen LogP contribution is 2.39. The molecule has 0 atom stereocenters. The van der Waals surface area contributed by atoms with Crippen molar-refractivity contribution in [3.63, 3.8) is 0 Å². The number of H-pyrrole nitrogens is 1. The Kier molecular flexibility index (Phi) is 5.39. The summed E-state index contributed by atoms with van der Waals surface area (Å²) in [5.74, 6) is -0.789. The second-order valence-corrected chi connectivity index (χ2v) is 9.07. The Morgan fingerprint density at radius 2 is 1.69 bits per heavy atom. The van der Waals surface area contributed by atoms with E-state index < -0.39 is 11.8 Å². The minimum Gasteiger partial charge on any atom is -0.398 e. The minimum atomic E-state index is -0.397. The molecular formula is C27H27N5O3. The lowest BCUT2D eigenvalue weighted by Gasteiger charge is -2.26. The molecule has 0 unspecified atom stereocenters. The zero-order valence-electron chi connectivity index (χ0n) is 19.3. The Balaban J connectivity index is 1.45. The van der Waals surface area contributed by atoms with Crippen molar-refractivity contribution in [3.05, 3.63) is 66.0 Å². The van der Waals surface area contributed by atoms with Crippen molar-refractivity contribution < 1.29 is 14.3 Å². The molecule has 0 saturated carbocycles. The standard InChI is InChI=1S/C27H27N5O3/c28-20-6-3-8-22-23(20)19(16-32(22)10-4-9-31-11-13-35-14-12-31)25-24(26(33)30-27(25)34)18-15-29-21-7-2-1-5-17(18)21/h1-3,5-8,15-16,29H,4,9-14,28H2,(H,30,33,34). The minimum absolute atomic E-state index is 0.370. The van der Waals surface area contributed by atoms with Crippen LogP contribution in [0.25, 0.3) is 33.0 Å². The Morgan fingerprint density at radius 3 is 2.51 bits per heavy atom. The van der Waals surface area contributed by atoms with Crippen LogP contribution in [0, 0.1) is 0 Å². The van der Waals surface area contributed by atoms with Crippen molar-refractivity contribution in [2.45, 2.75) is 13.0 Å². The Labute approximate surface area is 202 Å². The molecule has 8 heteroatoms. The van der Waals surface area contributed by atoms with Crippen molar-refractivity contribution in [1.29, 1.82) is 0 Å². The SMILES string of the molecule is Nc1cccc2c1c(C1=C(c3c[nH]c4ccccc34)C(=O)NC1=O)cn2CCCN1CCOCC1. The number of nitrogens with one attached hydrogen (secondary N) is 2. The van der Waals surface area contributed by atoms with Gasteiger partial charge in [-0.2, -0.15) is 0 Å². The van der Waals surface area contributed by atoms with Gasteiger partial charge in [-0.05, 0) is 24.6 Å². The zero-order valence-corrected chi connectivity index (χ0v) is 19.3. The molecule has 8 nitrogen and oxygen atoms in total. The van der Waals surface area contributed by atoms with Gasteiger partial charge in [-0.15, -0.1) is 0 Å². The quantitative estimate of drug-likeness (QED) is 0.297. The molecule has 2 aliphatic rings. The lowest BCUT2D eigenvalue weighted by Crippen LogP contribution is -2.37. The number of aromatic nitrogens is 2. The molecule has 2 aromatic heterocycles. The number of carbonyl (C=O) groups excluding carboxylic acids is 2. The largest absolute Gasteiger partial charge is 0.398 e. The average Bonchev–Trinajstić information content (AvgIpc) is 3.53. The number of morpholine rings is 1. The third-order valence-corrected chi connectivity index (χ3v) is 6.97. The van der Waals surface area contributed by atoms with Gasteiger partial charge < -0.3 is 20.0 Å². The maximum Gasteiger partial charge on any atom is 0.259 e. The summed E-state index contributed by atoms with van der Waals surface area (Å²) >= 11 is 0. The van der Waals surface area contributed by atoms with Gasteiger partial charge in [0.05, 0.1) is 29.9 Å². The van der Waals surface area contributed by atoms with E-state index in [4.69, 9.17) is 10.5 Å². The number of hydrogen-bond donors (Lipinski definition) is 3. The number of aromatic amines is 1. The number of aryl methyl sites for hydroxylation is 1. The van der Waals surface area contributed by atoms with Gasteiger partial charge in [0.1, 0.15) is 0 Å². The Bertz CT molecular complexity index is 1490. The van der Waals surface area contributed by atoms with Crippen LogP contribution in [0.4, 0.5) is 5.69 Å². The van der Waals surface area contributed by atoms with Crippen molar-refractivity contribution in [2.75, 3.05) is 38.6 Å². The average molecular weight is 470 g/mol. The highest BCUT2D eigenvalue weighted by Gasteiger charge is 2.35. The number of ether oxygens (including phenoxy) is 1. The number of amides is 2. The van der Waals surface area contributed by atoms with Gasteiger partial charge in [-0.25, -0.2) is 0 Å². The smallest absolute Gasteiger partial charge is 0.259 e. The number of anilines is 1. The number of para-hydroxylation sites is 1. The first kappa shape index (κ1) is 21.6. The number of nitrogen functional groups attached to an aromatic ring is 1. The third-order valence-electron chi connectivity index (χ3n) is 6.97. The summed E-state index contributed by atoms with van der Waals surface area (Å²) in [6, 6.07) is 13.5. The number of fused-ring (bicyclic) bond motifs is 2. The van der Waals surface area contributed by atoms with E-state index in [1.807, 2.05) is 48.7 Å².